The van der Waals surface area contributed by atoms with Crippen molar-refractivity contribution in [3.05, 3.63) is 28.5 Å². The molecular formula is C16H23BrFN. The third-order valence-corrected chi connectivity index (χ3v) is 4.83. The van der Waals surface area contributed by atoms with E-state index in [1.165, 1.54) is 25.3 Å². The van der Waals surface area contributed by atoms with E-state index < -0.39 is 0 Å². The van der Waals surface area contributed by atoms with E-state index in [9.17, 15) is 4.39 Å². The molecule has 0 aliphatic heterocycles. The molecule has 2 unspecified atom stereocenters. The molecule has 19 heavy (non-hydrogen) atoms. The Balaban J connectivity index is 2.20. The van der Waals surface area contributed by atoms with Gasteiger partial charge in [-0.2, -0.15) is 0 Å². The maximum atomic E-state index is 13.9. The van der Waals surface area contributed by atoms with Crippen molar-refractivity contribution in [2.75, 3.05) is 5.32 Å². The molecule has 1 fully saturated rings. The quantitative estimate of drug-likeness (QED) is 0.744. The number of hydrogen-bond acceptors (Lipinski definition) is 1. The normalized spacial score (nSPS) is 24.3. The summed E-state index contributed by atoms with van der Waals surface area (Å²) in [4.78, 5) is 0. The van der Waals surface area contributed by atoms with Crippen LogP contribution < -0.4 is 5.32 Å². The fourth-order valence-electron chi connectivity index (χ4n) is 3.16. The summed E-state index contributed by atoms with van der Waals surface area (Å²) in [5.41, 5.74) is 0.874. The number of para-hydroxylation sites is 1. The first-order chi connectivity index (χ1) is 8.89. The summed E-state index contributed by atoms with van der Waals surface area (Å²) in [7, 11) is 0. The summed E-state index contributed by atoms with van der Waals surface area (Å²) >= 11 is 3.44. The second-order valence-corrected chi connectivity index (χ2v) is 7.46. The fraction of sp³-hybridized carbons (Fsp3) is 0.625. The van der Waals surface area contributed by atoms with Gasteiger partial charge in [0.25, 0.3) is 0 Å². The van der Waals surface area contributed by atoms with E-state index in [2.05, 4.69) is 42.0 Å². The number of rotatable bonds is 2. The Kier molecular flexibility index (Phi) is 4.54. The first-order valence-corrected chi connectivity index (χ1v) is 7.89. The van der Waals surface area contributed by atoms with E-state index in [1.807, 2.05) is 6.07 Å². The minimum Gasteiger partial charge on any atom is -0.379 e. The second kappa shape index (κ2) is 5.82. The third kappa shape index (κ3) is 3.50. The van der Waals surface area contributed by atoms with Crippen LogP contribution in [0.1, 0.15) is 46.5 Å². The monoisotopic (exact) mass is 327 g/mol. The lowest BCUT2D eigenvalue weighted by Crippen LogP contribution is -2.40. The Bertz CT molecular complexity index is 419. The maximum Gasteiger partial charge on any atom is 0.147 e. The zero-order chi connectivity index (χ0) is 14.0. The van der Waals surface area contributed by atoms with Crippen LogP contribution in [0.3, 0.4) is 0 Å². The van der Waals surface area contributed by atoms with E-state index in [4.69, 9.17) is 0 Å². The van der Waals surface area contributed by atoms with E-state index in [0.29, 0.717) is 17.6 Å². The van der Waals surface area contributed by atoms with E-state index in [0.717, 1.165) is 10.9 Å². The molecule has 2 atom stereocenters. The molecule has 2 rings (SSSR count). The molecule has 0 saturated heterocycles. The Morgan fingerprint density at radius 3 is 2.53 bits per heavy atom. The number of hydrogen-bond donors (Lipinski definition) is 1. The summed E-state index contributed by atoms with van der Waals surface area (Å²) in [6.07, 6.45) is 4.88. The highest BCUT2D eigenvalue weighted by molar-refractivity contribution is 9.10. The lowest BCUT2D eigenvalue weighted by molar-refractivity contribution is 0.162. The summed E-state index contributed by atoms with van der Waals surface area (Å²) in [5, 5.41) is 3.45. The van der Waals surface area contributed by atoms with Crippen LogP contribution in [0.2, 0.25) is 0 Å². The highest BCUT2D eigenvalue weighted by atomic mass is 79.9. The highest BCUT2D eigenvalue weighted by Crippen LogP contribution is 2.40. The van der Waals surface area contributed by atoms with Crippen LogP contribution in [0, 0.1) is 17.2 Å². The van der Waals surface area contributed by atoms with Crippen molar-refractivity contribution in [2.24, 2.45) is 11.3 Å². The molecule has 1 aliphatic rings. The molecule has 0 aromatic heterocycles. The molecule has 1 nitrogen and oxygen atoms in total. The van der Waals surface area contributed by atoms with E-state index in [-0.39, 0.29) is 11.2 Å². The largest absolute Gasteiger partial charge is 0.379 e. The van der Waals surface area contributed by atoms with Gasteiger partial charge >= 0.3 is 0 Å². The van der Waals surface area contributed by atoms with Gasteiger partial charge in [0.15, 0.2) is 0 Å². The van der Waals surface area contributed by atoms with Gasteiger partial charge in [0.1, 0.15) is 5.82 Å². The Labute approximate surface area is 124 Å². The van der Waals surface area contributed by atoms with E-state index in [1.54, 1.807) is 6.07 Å². The Hall–Kier alpha value is -0.570. The van der Waals surface area contributed by atoms with Gasteiger partial charge in [0.2, 0.25) is 0 Å². The van der Waals surface area contributed by atoms with Crippen molar-refractivity contribution in [3.8, 4) is 0 Å². The number of nitrogens with one attached hydrogen (secondary N) is 1. The van der Waals surface area contributed by atoms with Crippen molar-refractivity contribution in [1.82, 2.24) is 0 Å². The van der Waals surface area contributed by atoms with Crippen molar-refractivity contribution in [2.45, 2.75) is 52.5 Å². The molecular weight excluding hydrogens is 305 g/mol. The predicted octanol–water partition coefficient (Wildman–Crippen LogP) is 5.61. The van der Waals surface area contributed by atoms with Crippen molar-refractivity contribution in [1.29, 1.82) is 0 Å². The lowest BCUT2D eigenvalue weighted by Gasteiger charge is -2.41. The molecule has 0 spiro atoms. The molecule has 0 radical (unpaired) electrons. The van der Waals surface area contributed by atoms with Gasteiger partial charge in [0, 0.05) is 10.5 Å². The van der Waals surface area contributed by atoms with Crippen molar-refractivity contribution in [3.63, 3.8) is 0 Å². The minimum absolute atomic E-state index is 0.174. The van der Waals surface area contributed by atoms with Gasteiger partial charge in [-0.3, -0.25) is 0 Å². The van der Waals surface area contributed by atoms with Gasteiger partial charge in [0.05, 0.1) is 5.69 Å². The molecule has 1 N–H and O–H groups in total. The smallest absolute Gasteiger partial charge is 0.147 e. The molecule has 106 valence electrons. The van der Waals surface area contributed by atoms with E-state index >= 15 is 0 Å². The maximum absolute atomic E-state index is 13.9. The Morgan fingerprint density at radius 2 is 1.89 bits per heavy atom. The average Bonchev–Trinajstić information content (AvgIpc) is 2.33. The summed E-state index contributed by atoms with van der Waals surface area (Å²) in [5.74, 6) is 0.417. The van der Waals surface area contributed by atoms with Crippen LogP contribution in [0.25, 0.3) is 0 Å². The topological polar surface area (TPSA) is 12.0 Å². The molecule has 1 aromatic rings. The van der Waals surface area contributed by atoms with Crippen LogP contribution in [-0.4, -0.2) is 6.04 Å². The number of halogens is 2. The lowest BCUT2D eigenvalue weighted by atomic mass is 9.69. The Morgan fingerprint density at radius 1 is 1.21 bits per heavy atom. The molecule has 0 heterocycles. The summed E-state index contributed by atoms with van der Waals surface area (Å²) < 4.78 is 14.7. The van der Waals surface area contributed by atoms with Gasteiger partial charge in [-0.05, 0) is 52.2 Å². The molecule has 1 aromatic carbocycles. The summed E-state index contributed by atoms with van der Waals surface area (Å²) in [6.45, 7) is 6.86. The minimum atomic E-state index is -0.174. The van der Waals surface area contributed by atoms with Gasteiger partial charge in [-0.1, -0.05) is 39.7 Å². The zero-order valence-electron chi connectivity index (χ0n) is 12.0. The number of anilines is 1. The van der Waals surface area contributed by atoms with Gasteiger partial charge in [-0.25, -0.2) is 4.39 Å². The van der Waals surface area contributed by atoms with Crippen LogP contribution in [0.15, 0.2) is 22.7 Å². The fourth-order valence-corrected chi connectivity index (χ4v) is 3.62. The zero-order valence-corrected chi connectivity index (χ0v) is 13.6. The highest BCUT2D eigenvalue weighted by Gasteiger charge is 2.34. The first kappa shape index (κ1) is 14.8. The third-order valence-electron chi connectivity index (χ3n) is 4.17. The number of benzene rings is 1. The summed E-state index contributed by atoms with van der Waals surface area (Å²) in [6, 6.07) is 5.50. The molecule has 1 aliphatic carbocycles. The standard InChI is InChI=1S/C16H23BrFN/c1-16(2,3)11-7-4-5-10-14(11)19-15-12(17)8-6-9-13(15)18/h6,8-9,11,14,19H,4-5,7,10H2,1-3H3. The van der Waals surface area contributed by atoms with Crippen LogP contribution in [0.4, 0.5) is 10.1 Å². The molecule has 0 bridgehead atoms. The van der Waals surface area contributed by atoms with Crippen LogP contribution in [-0.2, 0) is 0 Å². The first-order valence-electron chi connectivity index (χ1n) is 7.10. The van der Waals surface area contributed by atoms with Gasteiger partial charge in [-0.15, -0.1) is 0 Å². The SMILES string of the molecule is CC(C)(C)C1CCCCC1Nc1c(F)cccc1Br. The molecule has 0 amide bonds. The van der Waals surface area contributed by atoms with Crippen LogP contribution >= 0.6 is 15.9 Å². The second-order valence-electron chi connectivity index (χ2n) is 6.60. The van der Waals surface area contributed by atoms with Crippen LogP contribution in [0.5, 0.6) is 0 Å². The van der Waals surface area contributed by atoms with Gasteiger partial charge < -0.3 is 5.32 Å². The molecule has 3 heteroatoms. The van der Waals surface area contributed by atoms with Crippen molar-refractivity contribution >= 4 is 21.6 Å². The van der Waals surface area contributed by atoms with Crippen molar-refractivity contribution < 1.29 is 4.39 Å². The average molecular weight is 328 g/mol. The molecule has 1 saturated carbocycles. The predicted molar refractivity (Wildman–Crippen MR) is 82.9 cm³/mol.